The fourth-order valence-electron chi connectivity index (χ4n) is 6.97. The van der Waals surface area contributed by atoms with Crippen molar-refractivity contribution in [2.24, 2.45) is 5.41 Å². The van der Waals surface area contributed by atoms with Gasteiger partial charge < -0.3 is 14.5 Å². The Morgan fingerprint density at radius 3 is 2.52 bits per heavy atom. The SMILES string of the molecule is Cc1cc2[nH]ncc2c(-c2c(N3CCC(=O)CC3(C)C)nn(C3CC4(C3)CN(C(=O)OC(C)(C)C)C4)c2C)c1Cl. The number of fused-ring (bicyclic) bond motifs is 1. The summed E-state index contributed by atoms with van der Waals surface area (Å²) in [5.41, 5.74) is 4.16. The second-order valence-electron chi connectivity index (χ2n) is 13.8. The number of aryl methyl sites for hydroxylation is 1. The average Bonchev–Trinajstić information content (AvgIpc) is 3.36. The van der Waals surface area contributed by atoms with Crippen molar-refractivity contribution in [1.82, 2.24) is 24.9 Å². The van der Waals surface area contributed by atoms with Gasteiger partial charge in [-0.15, -0.1) is 0 Å². The molecule has 40 heavy (non-hydrogen) atoms. The first-order valence-corrected chi connectivity index (χ1v) is 14.5. The molecule has 1 saturated carbocycles. The van der Waals surface area contributed by atoms with Crippen LogP contribution in [0.2, 0.25) is 5.02 Å². The number of nitrogens with one attached hydrogen (secondary N) is 1. The van der Waals surface area contributed by atoms with E-state index in [9.17, 15) is 9.59 Å². The van der Waals surface area contributed by atoms with Gasteiger partial charge in [-0.3, -0.25) is 14.6 Å². The van der Waals surface area contributed by atoms with Crippen LogP contribution >= 0.6 is 11.6 Å². The predicted molar refractivity (Wildman–Crippen MR) is 156 cm³/mol. The molecule has 2 aliphatic heterocycles. The Labute approximate surface area is 240 Å². The smallest absolute Gasteiger partial charge is 0.410 e. The number of carbonyl (C=O) groups excluding carboxylic acids is 2. The molecule has 0 radical (unpaired) electrons. The van der Waals surface area contributed by atoms with E-state index in [1.165, 1.54) is 0 Å². The number of hydrogen-bond acceptors (Lipinski definition) is 6. The molecule has 1 aromatic carbocycles. The maximum absolute atomic E-state index is 12.5. The van der Waals surface area contributed by atoms with E-state index in [0.717, 1.165) is 65.0 Å². The first-order chi connectivity index (χ1) is 18.7. The summed E-state index contributed by atoms with van der Waals surface area (Å²) in [5, 5.41) is 14.4. The second kappa shape index (κ2) is 8.96. The van der Waals surface area contributed by atoms with Crippen LogP contribution in [0.25, 0.3) is 22.0 Å². The van der Waals surface area contributed by atoms with Gasteiger partial charge in [-0.2, -0.15) is 10.2 Å². The number of Topliss-reactive ketones (excluding diaryl/α,β-unsaturated/α-hetero) is 1. The second-order valence-corrected chi connectivity index (χ2v) is 14.1. The number of piperidine rings is 1. The first-order valence-electron chi connectivity index (χ1n) is 14.2. The molecule has 1 N–H and O–H groups in total. The first kappa shape index (κ1) is 27.1. The molecular weight excluding hydrogens is 528 g/mol. The topological polar surface area (TPSA) is 96.4 Å². The van der Waals surface area contributed by atoms with Crippen LogP contribution in [-0.2, 0) is 9.53 Å². The third-order valence-corrected chi connectivity index (χ3v) is 9.35. The molecule has 0 bridgehead atoms. The van der Waals surface area contributed by atoms with Gasteiger partial charge in [0.25, 0.3) is 0 Å². The normalized spacial score (nSPS) is 20.6. The predicted octanol–water partition coefficient (Wildman–Crippen LogP) is 6.22. The summed E-state index contributed by atoms with van der Waals surface area (Å²) in [6.45, 7) is 16.1. The van der Waals surface area contributed by atoms with E-state index in [-0.39, 0.29) is 28.9 Å². The van der Waals surface area contributed by atoms with E-state index >= 15 is 0 Å². The van der Waals surface area contributed by atoms with Gasteiger partial charge in [0.05, 0.1) is 22.8 Å². The number of carbonyl (C=O) groups is 2. The van der Waals surface area contributed by atoms with Crippen molar-refractivity contribution in [1.29, 1.82) is 0 Å². The van der Waals surface area contributed by atoms with Crippen molar-refractivity contribution in [3.63, 3.8) is 0 Å². The molecule has 2 saturated heterocycles. The molecule has 4 heterocycles. The van der Waals surface area contributed by atoms with Gasteiger partial charge in [0.1, 0.15) is 11.4 Å². The Balaban J connectivity index is 1.36. The molecule has 0 unspecified atom stereocenters. The Hall–Kier alpha value is -3.07. The van der Waals surface area contributed by atoms with Crippen molar-refractivity contribution in [3.8, 4) is 11.1 Å². The number of likely N-dealkylation sites (tertiary alicyclic amines) is 1. The summed E-state index contributed by atoms with van der Waals surface area (Å²) in [4.78, 5) is 29.0. The summed E-state index contributed by atoms with van der Waals surface area (Å²) in [7, 11) is 0. The van der Waals surface area contributed by atoms with E-state index in [1.54, 1.807) is 0 Å². The number of halogens is 1. The van der Waals surface area contributed by atoms with Crippen LogP contribution in [0, 0.1) is 19.3 Å². The van der Waals surface area contributed by atoms with E-state index < -0.39 is 5.60 Å². The van der Waals surface area contributed by atoms with Gasteiger partial charge >= 0.3 is 6.09 Å². The van der Waals surface area contributed by atoms with Crippen LogP contribution in [0.3, 0.4) is 0 Å². The fourth-order valence-corrected chi connectivity index (χ4v) is 7.22. The van der Waals surface area contributed by atoms with Crippen LogP contribution in [0.4, 0.5) is 10.6 Å². The molecule has 3 aromatic rings. The zero-order chi connectivity index (χ0) is 28.8. The lowest BCUT2D eigenvalue weighted by molar-refractivity contribution is -0.121. The number of rotatable bonds is 3. The summed E-state index contributed by atoms with van der Waals surface area (Å²) < 4.78 is 7.74. The van der Waals surface area contributed by atoms with E-state index in [0.29, 0.717) is 24.4 Å². The van der Waals surface area contributed by atoms with Crippen molar-refractivity contribution in [2.75, 3.05) is 24.5 Å². The maximum atomic E-state index is 12.5. The molecule has 1 spiro atoms. The van der Waals surface area contributed by atoms with Gasteiger partial charge in [-0.05, 0) is 72.9 Å². The number of amides is 1. The summed E-state index contributed by atoms with van der Waals surface area (Å²) in [6, 6.07) is 2.26. The molecule has 3 fully saturated rings. The number of anilines is 1. The number of aromatic nitrogens is 4. The standard InChI is InChI=1S/C30H39ClN6O3/c1-17-10-22-21(14-32-33-22)24(25(17)31)23-18(2)37(34-26(23)36-9-8-20(38)13-29(36,6)7)19-11-30(12-19)15-35(16-30)27(39)40-28(3,4)5/h10,14,19H,8-9,11-13,15-16H2,1-7H3,(H,32,33). The van der Waals surface area contributed by atoms with Crippen molar-refractivity contribution in [2.45, 2.75) is 91.3 Å². The van der Waals surface area contributed by atoms with Gasteiger partial charge in [0.15, 0.2) is 5.82 Å². The number of benzene rings is 1. The molecule has 1 aliphatic carbocycles. The van der Waals surface area contributed by atoms with Crippen molar-refractivity contribution >= 4 is 40.2 Å². The molecule has 10 heteroatoms. The number of ether oxygens (including phenoxy) is 1. The highest BCUT2D eigenvalue weighted by atomic mass is 35.5. The molecule has 214 valence electrons. The number of H-pyrrole nitrogens is 1. The highest BCUT2D eigenvalue weighted by molar-refractivity contribution is 6.36. The van der Waals surface area contributed by atoms with Crippen molar-refractivity contribution < 1.29 is 14.3 Å². The zero-order valence-corrected chi connectivity index (χ0v) is 25.3. The molecule has 6 rings (SSSR count). The lowest BCUT2D eigenvalue weighted by Gasteiger charge is -2.58. The molecule has 9 nitrogen and oxygen atoms in total. The molecule has 1 amide bonds. The zero-order valence-electron chi connectivity index (χ0n) is 24.5. The lowest BCUT2D eigenvalue weighted by atomic mass is 9.61. The minimum atomic E-state index is -0.495. The Morgan fingerprint density at radius 2 is 1.88 bits per heavy atom. The number of ketones is 1. The summed E-state index contributed by atoms with van der Waals surface area (Å²) >= 11 is 7.05. The Kier molecular flexibility index (Phi) is 6.08. The van der Waals surface area contributed by atoms with Crippen LogP contribution in [0.5, 0.6) is 0 Å². The third-order valence-electron chi connectivity index (χ3n) is 8.86. The van der Waals surface area contributed by atoms with E-state index in [1.807, 2.05) is 44.9 Å². The van der Waals surface area contributed by atoms with Crippen LogP contribution < -0.4 is 4.90 Å². The van der Waals surface area contributed by atoms with E-state index in [4.69, 9.17) is 21.4 Å². The maximum Gasteiger partial charge on any atom is 0.410 e. The largest absolute Gasteiger partial charge is 0.444 e. The number of hydrogen-bond donors (Lipinski definition) is 1. The Morgan fingerprint density at radius 1 is 1.18 bits per heavy atom. The molecule has 3 aliphatic rings. The fraction of sp³-hybridized carbons (Fsp3) is 0.600. The summed E-state index contributed by atoms with van der Waals surface area (Å²) in [6.07, 6.45) is 4.50. The van der Waals surface area contributed by atoms with Gasteiger partial charge in [-0.25, -0.2) is 4.79 Å². The Bertz CT molecular complexity index is 1520. The summed E-state index contributed by atoms with van der Waals surface area (Å²) in [5.74, 6) is 1.15. The average molecular weight is 567 g/mol. The van der Waals surface area contributed by atoms with Gasteiger partial charge in [0, 0.05) is 65.6 Å². The van der Waals surface area contributed by atoms with Crippen LogP contribution in [-0.4, -0.2) is 67.5 Å². The monoisotopic (exact) mass is 566 g/mol. The minimum absolute atomic E-state index is 0.121. The van der Waals surface area contributed by atoms with Crippen LogP contribution in [0.15, 0.2) is 12.3 Å². The lowest BCUT2D eigenvalue weighted by Crippen LogP contribution is -2.64. The molecule has 0 atom stereocenters. The highest BCUT2D eigenvalue weighted by Crippen LogP contribution is 2.56. The highest BCUT2D eigenvalue weighted by Gasteiger charge is 2.55. The third kappa shape index (κ3) is 4.37. The van der Waals surface area contributed by atoms with Crippen molar-refractivity contribution in [3.05, 3.63) is 28.5 Å². The van der Waals surface area contributed by atoms with Gasteiger partial charge in [-0.1, -0.05) is 11.6 Å². The van der Waals surface area contributed by atoms with E-state index in [2.05, 4.69) is 40.6 Å². The molecule has 2 aromatic heterocycles. The van der Waals surface area contributed by atoms with Gasteiger partial charge in [0.2, 0.25) is 0 Å². The number of aromatic amines is 1. The number of nitrogens with zero attached hydrogens (tertiary/aromatic N) is 5. The minimum Gasteiger partial charge on any atom is -0.444 e. The molecular formula is C30H39ClN6O3. The van der Waals surface area contributed by atoms with Crippen LogP contribution in [0.1, 0.15) is 77.6 Å². The quantitative estimate of drug-likeness (QED) is 0.404.